The molecule has 0 unspecified atom stereocenters. The molecule has 0 saturated heterocycles. The third-order valence-electron chi connectivity index (χ3n) is 1.56. The van der Waals surface area contributed by atoms with Crippen molar-refractivity contribution in [3.63, 3.8) is 0 Å². The molecule has 0 N–H and O–H groups in total. The minimum atomic E-state index is -4.42. The van der Waals surface area contributed by atoms with E-state index >= 15 is 0 Å². The summed E-state index contributed by atoms with van der Waals surface area (Å²) in [6.07, 6.45) is -4.42. The van der Waals surface area contributed by atoms with Crippen molar-refractivity contribution >= 4 is 5.57 Å². The van der Waals surface area contributed by atoms with Crippen molar-refractivity contribution in [2.75, 3.05) is 0 Å². The maximum absolute atomic E-state index is 12.4. The van der Waals surface area contributed by atoms with Crippen LogP contribution in [0.15, 0.2) is 48.4 Å². The molecule has 0 radical (unpaired) electrons. The highest BCUT2D eigenvalue weighted by Crippen LogP contribution is 2.32. The molecule has 72 valence electrons. The lowest BCUT2D eigenvalue weighted by Gasteiger charge is -2.08. The van der Waals surface area contributed by atoms with E-state index in [1.807, 2.05) is 11.5 Å². The van der Waals surface area contributed by atoms with Gasteiger partial charge in [0.15, 0.2) is 0 Å². The molecular weight excluding hydrogens is 189 g/mol. The van der Waals surface area contributed by atoms with E-state index in [0.29, 0.717) is 0 Å². The summed E-state index contributed by atoms with van der Waals surface area (Å²) < 4.78 is 37.3. The van der Waals surface area contributed by atoms with Crippen LogP contribution in [-0.2, 0) is 0 Å². The Morgan fingerprint density at radius 1 is 1.14 bits per heavy atom. The lowest BCUT2D eigenvalue weighted by Crippen LogP contribution is -2.09. The second-order valence-corrected chi connectivity index (χ2v) is 2.54. The average molecular weight is 196 g/mol. The molecule has 0 spiro atoms. The van der Waals surface area contributed by atoms with Gasteiger partial charge in [-0.3, -0.25) is 0 Å². The number of alkyl halides is 3. The predicted octanol–water partition coefficient (Wildman–Crippen LogP) is 3.57. The summed E-state index contributed by atoms with van der Waals surface area (Å²) in [7, 11) is 0. The number of halogens is 3. The largest absolute Gasteiger partial charge is 0.424 e. The Hall–Kier alpha value is -1.69. The van der Waals surface area contributed by atoms with E-state index in [1.165, 1.54) is 24.3 Å². The Morgan fingerprint density at radius 3 is 2.14 bits per heavy atom. The fraction of sp³-hybridized carbons (Fsp3) is 0.0909. The van der Waals surface area contributed by atoms with E-state index in [4.69, 9.17) is 0 Å². The van der Waals surface area contributed by atoms with Crippen LogP contribution in [0, 0.1) is 0 Å². The first-order valence-electron chi connectivity index (χ1n) is 3.83. The van der Waals surface area contributed by atoms with E-state index in [1.54, 1.807) is 6.07 Å². The van der Waals surface area contributed by atoms with Gasteiger partial charge in [0.05, 0.1) is 0 Å². The third kappa shape index (κ3) is 2.40. The van der Waals surface area contributed by atoms with Crippen molar-refractivity contribution in [2.24, 2.45) is 0 Å². The molecule has 0 fully saturated rings. The monoisotopic (exact) mass is 196 g/mol. The molecule has 0 heterocycles. The second kappa shape index (κ2) is 4.01. The van der Waals surface area contributed by atoms with Gasteiger partial charge < -0.3 is 0 Å². The fourth-order valence-electron chi connectivity index (χ4n) is 1.000. The molecule has 3 heteroatoms. The van der Waals surface area contributed by atoms with Crippen molar-refractivity contribution in [3.8, 4) is 0 Å². The summed E-state index contributed by atoms with van der Waals surface area (Å²) in [4.78, 5) is 0. The first-order valence-corrected chi connectivity index (χ1v) is 3.83. The molecule has 14 heavy (non-hydrogen) atoms. The van der Waals surface area contributed by atoms with Gasteiger partial charge in [-0.05, 0) is 12.1 Å². The molecule has 0 aliphatic rings. The summed E-state index contributed by atoms with van der Waals surface area (Å²) in [6.45, 7) is 3.08. The van der Waals surface area contributed by atoms with E-state index in [9.17, 15) is 13.2 Å². The number of allylic oxidation sites excluding steroid dienone is 1. The van der Waals surface area contributed by atoms with Crippen LogP contribution in [0.4, 0.5) is 13.2 Å². The van der Waals surface area contributed by atoms with Gasteiger partial charge in [0.1, 0.15) is 5.57 Å². The summed E-state index contributed by atoms with van der Waals surface area (Å²) in [6, 6.07) is 7.45. The van der Waals surface area contributed by atoms with Crippen LogP contribution < -0.4 is 0 Å². The van der Waals surface area contributed by atoms with Gasteiger partial charge in [-0.25, -0.2) is 0 Å². The lowest BCUT2D eigenvalue weighted by molar-refractivity contribution is -0.0687. The normalized spacial score (nSPS) is 10.2. The molecule has 0 saturated carbocycles. The van der Waals surface area contributed by atoms with Crippen LogP contribution in [0.3, 0.4) is 0 Å². The van der Waals surface area contributed by atoms with Crippen molar-refractivity contribution in [2.45, 2.75) is 6.18 Å². The van der Waals surface area contributed by atoms with Crippen LogP contribution in [0.25, 0.3) is 5.57 Å². The van der Waals surface area contributed by atoms with Gasteiger partial charge in [0.2, 0.25) is 0 Å². The number of benzene rings is 1. The number of rotatable bonds is 1. The van der Waals surface area contributed by atoms with Gasteiger partial charge >= 0.3 is 6.18 Å². The summed E-state index contributed by atoms with van der Waals surface area (Å²) >= 11 is 0. The molecule has 0 bridgehead atoms. The Labute approximate surface area is 79.7 Å². The van der Waals surface area contributed by atoms with Crippen LogP contribution in [-0.4, -0.2) is 6.18 Å². The lowest BCUT2D eigenvalue weighted by atomic mass is 10.1. The molecule has 0 aliphatic carbocycles. The first kappa shape index (κ1) is 10.4. The van der Waals surface area contributed by atoms with E-state index in [0.717, 1.165) is 0 Å². The SMILES string of the molecule is C=C=C=C(c1ccccc1)C(F)(F)F. The van der Waals surface area contributed by atoms with Gasteiger partial charge in [0.25, 0.3) is 0 Å². The van der Waals surface area contributed by atoms with Crippen molar-refractivity contribution < 1.29 is 13.2 Å². The summed E-state index contributed by atoms with van der Waals surface area (Å²) in [5, 5.41) is 0. The molecule has 0 nitrogen and oxygen atoms in total. The molecule has 0 aliphatic heterocycles. The Balaban J connectivity index is 3.30. The molecule has 1 aromatic carbocycles. The van der Waals surface area contributed by atoms with Crippen molar-refractivity contribution in [3.05, 3.63) is 53.9 Å². The quantitative estimate of drug-likeness (QED) is 0.602. The second-order valence-electron chi connectivity index (χ2n) is 2.54. The van der Waals surface area contributed by atoms with Crippen molar-refractivity contribution in [1.29, 1.82) is 0 Å². The van der Waals surface area contributed by atoms with Crippen LogP contribution in [0.1, 0.15) is 5.56 Å². The van der Waals surface area contributed by atoms with E-state index in [-0.39, 0.29) is 5.56 Å². The zero-order valence-corrected chi connectivity index (χ0v) is 7.23. The van der Waals surface area contributed by atoms with E-state index < -0.39 is 11.7 Å². The number of hydrogen-bond acceptors (Lipinski definition) is 0. The highest BCUT2D eigenvalue weighted by atomic mass is 19.4. The average Bonchev–Trinajstić information content (AvgIpc) is 2.14. The minimum Gasteiger partial charge on any atom is -0.165 e. The van der Waals surface area contributed by atoms with Crippen LogP contribution in [0.2, 0.25) is 0 Å². The molecule has 1 aromatic rings. The summed E-state index contributed by atoms with van der Waals surface area (Å²) in [5.41, 5.74) is 3.20. The zero-order valence-electron chi connectivity index (χ0n) is 7.23. The van der Waals surface area contributed by atoms with Crippen molar-refractivity contribution in [1.82, 2.24) is 0 Å². The molecule has 1 rings (SSSR count). The molecule has 0 amide bonds. The fourth-order valence-corrected chi connectivity index (χ4v) is 1.000. The Kier molecular flexibility index (Phi) is 2.98. The van der Waals surface area contributed by atoms with Gasteiger partial charge in [-0.1, -0.05) is 41.8 Å². The molecular formula is C11H7F3. The maximum Gasteiger partial charge on any atom is 0.424 e. The number of hydrogen-bond donors (Lipinski definition) is 0. The minimum absolute atomic E-state index is 0.0659. The first-order chi connectivity index (χ1) is 6.55. The topological polar surface area (TPSA) is 0 Å². The molecule has 0 aromatic heterocycles. The van der Waals surface area contributed by atoms with Crippen LogP contribution >= 0.6 is 0 Å². The maximum atomic E-state index is 12.4. The zero-order chi connectivity index (χ0) is 10.6. The van der Waals surface area contributed by atoms with Crippen LogP contribution in [0.5, 0.6) is 0 Å². The van der Waals surface area contributed by atoms with Gasteiger partial charge in [-0.2, -0.15) is 13.2 Å². The van der Waals surface area contributed by atoms with E-state index in [2.05, 4.69) is 6.58 Å². The third-order valence-corrected chi connectivity index (χ3v) is 1.56. The summed E-state index contributed by atoms with van der Waals surface area (Å²) in [5.74, 6) is 0. The Bertz CT molecular complexity index is 388. The highest BCUT2D eigenvalue weighted by Gasteiger charge is 2.34. The standard InChI is InChI=1S/C11H7F3/c1-2-6-10(11(12,13)14)9-7-4-3-5-8-9/h3-5,7-8H,1H2. The van der Waals surface area contributed by atoms with Gasteiger partial charge in [0, 0.05) is 0 Å². The highest BCUT2D eigenvalue weighted by molar-refractivity contribution is 5.68. The predicted molar refractivity (Wildman–Crippen MR) is 48.6 cm³/mol. The smallest absolute Gasteiger partial charge is 0.165 e. The van der Waals surface area contributed by atoms with Gasteiger partial charge in [-0.15, -0.1) is 0 Å². The Morgan fingerprint density at radius 2 is 1.71 bits per heavy atom. The molecule has 0 atom stereocenters.